The normalized spacial score (nSPS) is 19.0. The van der Waals surface area contributed by atoms with Crippen LogP contribution in [-0.4, -0.2) is 20.2 Å². The Morgan fingerprint density at radius 3 is 2.23 bits per heavy atom. The van der Waals surface area contributed by atoms with Crippen LogP contribution in [0.3, 0.4) is 0 Å². The quantitative estimate of drug-likeness (QED) is 0.756. The van der Waals surface area contributed by atoms with Gasteiger partial charge in [0, 0.05) is 6.54 Å². The van der Waals surface area contributed by atoms with Gasteiger partial charge in [-0.3, -0.25) is 0 Å². The Balaban J connectivity index is 2.26. The molecular formula is C9H19NO2S. The summed E-state index contributed by atoms with van der Waals surface area (Å²) in [5.74, 6) is 0. The molecule has 0 aromatic heterocycles. The second-order valence-electron chi connectivity index (χ2n) is 4.95. The molecule has 0 aliphatic heterocycles. The molecule has 0 unspecified atom stereocenters. The zero-order valence-corrected chi connectivity index (χ0v) is 9.45. The van der Waals surface area contributed by atoms with Crippen LogP contribution in [0.4, 0.5) is 0 Å². The lowest BCUT2D eigenvalue weighted by atomic mass is 9.93. The molecule has 1 N–H and O–H groups in total. The summed E-state index contributed by atoms with van der Waals surface area (Å²) in [6.45, 7) is 6.90. The molecule has 1 aliphatic rings. The van der Waals surface area contributed by atoms with E-state index in [2.05, 4.69) is 25.5 Å². The van der Waals surface area contributed by atoms with Crippen molar-refractivity contribution in [1.82, 2.24) is 4.72 Å². The average molecular weight is 205 g/mol. The van der Waals surface area contributed by atoms with E-state index in [1.807, 2.05) is 0 Å². The maximum Gasteiger partial charge on any atom is 0.214 e. The summed E-state index contributed by atoms with van der Waals surface area (Å²) in [4.78, 5) is 0. The Labute approximate surface area is 81.0 Å². The van der Waals surface area contributed by atoms with Gasteiger partial charge in [-0.2, -0.15) is 0 Å². The van der Waals surface area contributed by atoms with Crippen molar-refractivity contribution < 1.29 is 8.42 Å². The van der Waals surface area contributed by atoms with Crippen molar-refractivity contribution in [2.24, 2.45) is 5.41 Å². The third kappa shape index (κ3) is 4.09. The van der Waals surface area contributed by atoms with Gasteiger partial charge in [-0.1, -0.05) is 20.8 Å². The summed E-state index contributed by atoms with van der Waals surface area (Å²) < 4.78 is 25.4. The van der Waals surface area contributed by atoms with Crippen LogP contribution < -0.4 is 4.72 Å². The van der Waals surface area contributed by atoms with Gasteiger partial charge in [0.25, 0.3) is 0 Å². The van der Waals surface area contributed by atoms with E-state index in [1.54, 1.807) is 0 Å². The Hall–Kier alpha value is -0.0900. The van der Waals surface area contributed by atoms with Crippen LogP contribution in [-0.2, 0) is 10.0 Å². The molecule has 0 amide bonds. The highest BCUT2D eigenvalue weighted by molar-refractivity contribution is 7.90. The van der Waals surface area contributed by atoms with Crippen molar-refractivity contribution in [2.75, 3.05) is 6.54 Å². The van der Waals surface area contributed by atoms with Crippen LogP contribution in [0.5, 0.6) is 0 Å². The molecule has 78 valence electrons. The van der Waals surface area contributed by atoms with Gasteiger partial charge in [0.2, 0.25) is 10.0 Å². The van der Waals surface area contributed by atoms with Crippen LogP contribution in [0.25, 0.3) is 0 Å². The first-order valence-corrected chi connectivity index (χ1v) is 6.34. The molecule has 1 aliphatic carbocycles. The fraction of sp³-hybridized carbons (Fsp3) is 1.00. The van der Waals surface area contributed by atoms with E-state index in [-0.39, 0.29) is 10.7 Å². The lowest BCUT2D eigenvalue weighted by Gasteiger charge is -2.17. The third-order valence-electron chi connectivity index (χ3n) is 2.14. The van der Waals surface area contributed by atoms with Crippen molar-refractivity contribution in [2.45, 2.75) is 45.3 Å². The predicted octanol–water partition coefficient (Wildman–Crippen LogP) is 1.50. The molecule has 1 rings (SSSR count). The summed E-state index contributed by atoms with van der Waals surface area (Å²) in [5, 5.41) is -0.0903. The van der Waals surface area contributed by atoms with Gasteiger partial charge in [0.15, 0.2) is 0 Å². The Kier molecular flexibility index (Phi) is 3.02. The summed E-state index contributed by atoms with van der Waals surface area (Å²) in [6, 6.07) is 0. The van der Waals surface area contributed by atoms with Gasteiger partial charge in [0.05, 0.1) is 5.25 Å². The van der Waals surface area contributed by atoms with Gasteiger partial charge >= 0.3 is 0 Å². The minimum Gasteiger partial charge on any atom is -0.215 e. The number of hydrogen-bond acceptors (Lipinski definition) is 2. The first kappa shape index (κ1) is 11.0. The molecule has 0 bridgehead atoms. The maximum atomic E-state index is 11.4. The number of rotatable bonds is 4. The number of hydrogen-bond donors (Lipinski definition) is 1. The fourth-order valence-electron chi connectivity index (χ4n) is 1.06. The Morgan fingerprint density at radius 2 is 1.85 bits per heavy atom. The molecule has 0 aromatic carbocycles. The topological polar surface area (TPSA) is 46.2 Å². The lowest BCUT2D eigenvalue weighted by Crippen LogP contribution is -2.30. The van der Waals surface area contributed by atoms with Crippen molar-refractivity contribution in [3.8, 4) is 0 Å². The van der Waals surface area contributed by atoms with E-state index in [0.29, 0.717) is 6.54 Å². The van der Waals surface area contributed by atoms with Gasteiger partial charge in [-0.15, -0.1) is 0 Å². The molecule has 0 radical (unpaired) electrons. The molecule has 0 spiro atoms. The predicted molar refractivity (Wildman–Crippen MR) is 54.0 cm³/mol. The first-order valence-electron chi connectivity index (χ1n) is 4.80. The van der Waals surface area contributed by atoms with Gasteiger partial charge in [-0.05, 0) is 24.7 Å². The second-order valence-corrected chi connectivity index (χ2v) is 6.99. The molecule has 13 heavy (non-hydrogen) atoms. The van der Waals surface area contributed by atoms with Crippen molar-refractivity contribution in [3.63, 3.8) is 0 Å². The SMILES string of the molecule is CC(C)(C)CCNS(=O)(=O)C1CC1. The molecule has 0 atom stereocenters. The standard InChI is InChI=1S/C9H19NO2S/c1-9(2,3)6-7-10-13(11,12)8-4-5-8/h8,10H,4-7H2,1-3H3. The minimum atomic E-state index is -2.96. The molecule has 0 aromatic rings. The van der Waals surface area contributed by atoms with E-state index in [0.717, 1.165) is 19.3 Å². The zero-order chi connectivity index (χ0) is 10.1. The molecule has 4 heteroatoms. The fourth-order valence-corrected chi connectivity index (χ4v) is 2.44. The zero-order valence-electron chi connectivity index (χ0n) is 8.63. The maximum absolute atomic E-state index is 11.4. The van der Waals surface area contributed by atoms with Gasteiger partial charge in [-0.25, -0.2) is 13.1 Å². The van der Waals surface area contributed by atoms with E-state index >= 15 is 0 Å². The molecule has 1 saturated carbocycles. The van der Waals surface area contributed by atoms with E-state index in [4.69, 9.17) is 0 Å². The van der Waals surface area contributed by atoms with E-state index in [1.165, 1.54) is 0 Å². The molecule has 0 heterocycles. The monoisotopic (exact) mass is 205 g/mol. The molecule has 0 saturated heterocycles. The van der Waals surface area contributed by atoms with Crippen LogP contribution in [0, 0.1) is 5.41 Å². The highest BCUT2D eigenvalue weighted by atomic mass is 32.2. The van der Waals surface area contributed by atoms with Crippen molar-refractivity contribution >= 4 is 10.0 Å². The van der Waals surface area contributed by atoms with Crippen molar-refractivity contribution in [3.05, 3.63) is 0 Å². The second kappa shape index (κ2) is 3.58. The number of nitrogens with one attached hydrogen (secondary N) is 1. The van der Waals surface area contributed by atoms with Crippen LogP contribution >= 0.6 is 0 Å². The summed E-state index contributed by atoms with van der Waals surface area (Å²) in [7, 11) is -2.96. The Bertz CT molecular complexity index is 260. The Morgan fingerprint density at radius 1 is 1.31 bits per heavy atom. The van der Waals surface area contributed by atoms with Crippen molar-refractivity contribution in [1.29, 1.82) is 0 Å². The lowest BCUT2D eigenvalue weighted by molar-refractivity contribution is 0.378. The summed E-state index contributed by atoms with van der Waals surface area (Å²) in [6.07, 6.45) is 2.56. The smallest absolute Gasteiger partial charge is 0.214 e. The van der Waals surface area contributed by atoms with Gasteiger partial charge < -0.3 is 0 Å². The highest BCUT2D eigenvalue weighted by Crippen LogP contribution is 2.27. The van der Waals surface area contributed by atoms with E-state index < -0.39 is 10.0 Å². The number of sulfonamides is 1. The minimum absolute atomic E-state index is 0.0903. The van der Waals surface area contributed by atoms with Gasteiger partial charge in [0.1, 0.15) is 0 Å². The van der Waals surface area contributed by atoms with E-state index in [9.17, 15) is 8.42 Å². The van der Waals surface area contributed by atoms with Crippen LogP contribution in [0.1, 0.15) is 40.0 Å². The van der Waals surface area contributed by atoms with Crippen LogP contribution in [0.15, 0.2) is 0 Å². The molecule has 3 nitrogen and oxygen atoms in total. The molecule has 1 fully saturated rings. The molecular weight excluding hydrogens is 186 g/mol. The first-order chi connectivity index (χ1) is 5.81. The van der Waals surface area contributed by atoms with Crippen LogP contribution in [0.2, 0.25) is 0 Å². The summed E-state index contributed by atoms with van der Waals surface area (Å²) >= 11 is 0. The largest absolute Gasteiger partial charge is 0.215 e. The third-order valence-corrected chi connectivity index (χ3v) is 4.10. The summed E-state index contributed by atoms with van der Waals surface area (Å²) in [5.41, 5.74) is 0.200. The average Bonchev–Trinajstić information content (AvgIpc) is 2.62. The highest BCUT2D eigenvalue weighted by Gasteiger charge is 2.35.